The standard InChI is InChI=1S/C29H28N4O6/c34-26(32-22-8-1-6-20(16-22)28(36)30-18-24-10-4-14-38-24)12-3-13-27(35)33-23-9-2-7-21(17-23)29(37)31-19-25-11-5-15-39-25/h1-2,4-11,14-17H,3,12-13,18-19H2,(H,30,36)(H,31,37)(H,32,34)(H,33,35). The van der Waals surface area contributed by atoms with Crippen molar-refractivity contribution in [2.75, 3.05) is 10.6 Å². The van der Waals surface area contributed by atoms with Crippen molar-refractivity contribution in [1.82, 2.24) is 10.6 Å². The SMILES string of the molecule is O=C(CCCC(=O)Nc1cccc(C(=O)NCc2ccco2)c1)Nc1cccc(C(=O)NCc2ccco2)c1. The van der Waals surface area contributed by atoms with Gasteiger partial charge in [0.05, 0.1) is 25.6 Å². The van der Waals surface area contributed by atoms with E-state index in [0.717, 1.165) is 0 Å². The number of furan rings is 2. The van der Waals surface area contributed by atoms with Crippen LogP contribution in [0.2, 0.25) is 0 Å². The molecule has 0 aliphatic carbocycles. The fourth-order valence-corrected chi connectivity index (χ4v) is 3.70. The number of benzene rings is 2. The number of hydrogen-bond acceptors (Lipinski definition) is 6. The van der Waals surface area contributed by atoms with Crippen molar-refractivity contribution in [2.24, 2.45) is 0 Å². The maximum atomic E-state index is 12.4. The van der Waals surface area contributed by atoms with Crippen molar-refractivity contribution in [2.45, 2.75) is 32.4 Å². The molecule has 0 saturated heterocycles. The van der Waals surface area contributed by atoms with Crippen molar-refractivity contribution >= 4 is 35.0 Å². The van der Waals surface area contributed by atoms with Crippen molar-refractivity contribution < 1.29 is 28.0 Å². The summed E-state index contributed by atoms with van der Waals surface area (Å²) in [6.07, 6.45) is 3.63. The summed E-state index contributed by atoms with van der Waals surface area (Å²) in [4.78, 5) is 49.5. The molecule has 0 radical (unpaired) electrons. The maximum Gasteiger partial charge on any atom is 0.251 e. The van der Waals surface area contributed by atoms with E-state index < -0.39 is 0 Å². The molecule has 0 aliphatic heterocycles. The van der Waals surface area contributed by atoms with Crippen LogP contribution in [0.4, 0.5) is 11.4 Å². The Bertz CT molecular complexity index is 1310. The molecule has 4 rings (SSSR count). The summed E-state index contributed by atoms with van der Waals surface area (Å²) in [5, 5.41) is 11.0. The minimum atomic E-state index is -0.293. The van der Waals surface area contributed by atoms with Gasteiger partial charge in [-0.05, 0) is 67.1 Å². The molecule has 4 N–H and O–H groups in total. The van der Waals surface area contributed by atoms with Crippen LogP contribution < -0.4 is 21.3 Å². The topological polar surface area (TPSA) is 143 Å². The van der Waals surface area contributed by atoms with E-state index in [9.17, 15) is 19.2 Å². The molecule has 0 spiro atoms. The summed E-state index contributed by atoms with van der Waals surface area (Å²) in [5.41, 5.74) is 1.76. The van der Waals surface area contributed by atoms with Crippen LogP contribution in [0.25, 0.3) is 0 Å². The van der Waals surface area contributed by atoms with Crippen LogP contribution in [-0.2, 0) is 22.7 Å². The van der Waals surface area contributed by atoms with E-state index in [0.29, 0.717) is 40.4 Å². The van der Waals surface area contributed by atoms with Gasteiger partial charge in [-0.1, -0.05) is 12.1 Å². The Morgan fingerprint density at radius 1 is 0.590 bits per heavy atom. The highest BCUT2D eigenvalue weighted by molar-refractivity contribution is 5.98. The molecule has 0 unspecified atom stereocenters. The predicted molar refractivity (Wildman–Crippen MR) is 144 cm³/mol. The van der Waals surface area contributed by atoms with Gasteiger partial charge in [-0.3, -0.25) is 19.2 Å². The Morgan fingerprint density at radius 3 is 1.46 bits per heavy atom. The van der Waals surface area contributed by atoms with Gasteiger partial charge in [-0.15, -0.1) is 0 Å². The van der Waals surface area contributed by atoms with Crippen LogP contribution in [0.15, 0.2) is 94.2 Å². The van der Waals surface area contributed by atoms with Crippen molar-refractivity contribution in [3.8, 4) is 0 Å². The largest absolute Gasteiger partial charge is 0.467 e. The molecule has 4 aromatic rings. The summed E-state index contributed by atoms with van der Waals surface area (Å²) >= 11 is 0. The fourth-order valence-electron chi connectivity index (χ4n) is 3.70. The van der Waals surface area contributed by atoms with Crippen LogP contribution in [0.1, 0.15) is 51.5 Å². The van der Waals surface area contributed by atoms with E-state index in [-0.39, 0.29) is 49.6 Å². The van der Waals surface area contributed by atoms with E-state index >= 15 is 0 Å². The third kappa shape index (κ3) is 8.46. The van der Waals surface area contributed by atoms with Crippen molar-refractivity contribution in [1.29, 1.82) is 0 Å². The lowest BCUT2D eigenvalue weighted by Crippen LogP contribution is -2.23. The minimum Gasteiger partial charge on any atom is -0.467 e. The van der Waals surface area contributed by atoms with Gasteiger partial charge in [0, 0.05) is 35.3 Å². The first kappa shape index (κ1) is 26.9. The van der Waals surface area contributed by atoms with Gasteiger partial charge in [-0.25, -0.2) is 0 Å². The predicted octanol–water partition coefficient (Wildman–Crippen LogP) is 4.48. The lowest BCUT2D eigenvalue weighted by molar-refractivity contribution is -0.117. The summed E-state index contributed by atoms with van der Waals surface area (Å²) < 4.78 is 10.4. The molecule has 0 atom stereocenters. The van der Waals surface area contributed by atoms with Gasteiger partial charge in [0.2, 0.25) is 11.8 Å². The molecule has 0 saturated carbocycles. The minimum absolute atomic E-state index is 0.123. The van der Waals surface area contributed by atoms with Gasteiger partial charge in [0.1, 0.15) is 11.5 Å². The van der Waals surface area contributed by atoms with Crippen LogP contribution >= 0.6 is 0 Å². The van der Waals surface area contributed by atoms with E-state index in [1.54, 1.807) is 72.8 Å². The molecule has 0 aliphatic rings. The van der Waals surface area contributed by atoms with Gasteiger partial charge < -0.3 is 30.1 Å². The Hall–Kier alpha value is -5.12. The van der Waals surface area contributed by atoms with Gasteiger partial charge in [-0.2, -0.15) is 0 Å². The van der Waals surface area contributed by atoms with Gasteiger partial charge in [0.15, 0.2) is 0 Å². The Balaban J connectivity index is 1.18. The summed E-state index contributed by atoms with van der Waals surface area (Å²) in [6.45, 7) is 0.515. The zero-order valence-electron chi connectivity index (χ0n) is 21.1. The Kier molecular flexibility index (Phi) is 9.27. The zero-order valence-corrected chi connectivity index (χ0v) is 21.1. The molecule has 2 aromatic carbocycles. The number of nitrogens with one attached hydrogen (secondary N) is 4. The molecule has 0 fully saturated rings. The van der Waals surface area contributed by atoms with Crippen LogP contribution in [0.5, 0.6) is 0 Å². The highest BCUT2D eigenvalue weighted by Gasteiger charge is 2.11. The normalized spacial score (nSPS) is 10.5. The molecule has 200 valence electrons. The maximum absolute atomic E-state index is 12.4. The van der Waals surface area contributed by atoms with E-state index in [1.165, 1.54) is 12.5 Å². The smallest absolute Gasteiger partial charge is 0.251 e. The highest BCUT2D eigenvalue weighted by atomic mass is 16.3. The molecule has 4 amide bonds. The van der Waals surface area contributed by atoms with Gasteiger partial charge in [0.25, 0.3) is 11.8 Å². The Labute approximate surface area is 224 Å². The number of rotatable bonds is 12. The molecule has 10 nitrogen and oxygen atoms in total. The monoisotopic (exact) mass is 528 g/mol. The fraction of sp³-hybridized carbons (Fsp3) is 0.172. The second kappa shape index (κ2) is 13.4. The number of carbonyl (C=O) groups is 4. The second-order valence-corrected chi connectivity index (χ2v) is 8.64. The van der Waals surface area contributed by atoms with E-state index in [1.807, 2.05) is 0 Å². The van der Waals surface area contributed by atoms with Gasteiger partial charge >= 0.3 is 0 Å². The molecular weight excluding hydrogens is 500 g/mol. The summed E-state index contributed by atoms with van der Waals surface area (Å²) in [7, 11) is 0. The summed E-state index contributed by atoms with van der Waals surface area (Å²) in [6, 6.07) is 20.2. The number of hydrogen-bond donors (Lipinski definition) is 4. The quantitative estimate of drug-likeness (QED) is 0.214. The van der Waals surface area contributed by atoms with Crippen molar-refractivity contribution in [3.63, 3.8) is 0 Å². The first-order chi connectivity index (χ1) is 19.0. The first-order valence-electron chi connectivity index (χ1n) is 12.4. The highest BCUT2D eigenvalue weighted by Crippen LogP contribution is 2.14. The molecule has 39 heavy (non-hydrogen) atoms. The molecule has 2 aromatic heterocycles. The molecule has 0 bridgehead atoms. The summed E-state index contributed by atoms with van der Waals surface area (Å²) in [5.74, 6) is 0.140. The average Bonchev–Trinajstić information content (AvgIpc) is 3.65. The molecule has 2 heterocycles. The van der Waals surface area contributed by atoms with E-state index in [4.69, 9.17) is 8.83 Å². The first-order valence-corrected chi connectivity index (χ1v) is 12.4. The second-order valence-electron chi connectivity index (χ2n) is 8.64. The Morgan fingerprint density at radius 2 is 1.05 bits per heavy atom. The van der Waals surface area contributed by atoms with Crippen LogP contribution in [0, 0.1) is 0 Å². The lowest BCUT2D eigenvalue weighted by Gasteiger charge is -2.09. The van der Waals surface area contributed by atoms with Crippen LogP contribution in [0.3, 0.4) is 0 Å². The third-order valence-corrected chi connectivity index (χ3v) is 5.63. The number of carbonyl (C=O) groups excluding carboxylic acids is 4. The molecule has 10 heteroatoms. The van der Waals surface area contributed by atoms with Crippen LogP contribution in [-0.4, -0.2) is 23.6 Å². The third-order valence-electron chi connectivity index (χ3n) is 5.63. The average molecular weight is 529 g/mol. The number of amides is 4. The number of anilines is 2. The van der Waals surface area contributed by atoms with Crippen molar-refractivity contribution in [3.05, 3.63) is 108 Å². The molecular formula is C29H28N4O6. The lowest BCUT2D eigenvalue weighted by atomic mass is 10.1. The van der Waals surface area contributed by atoms with E-state index in [2.05, 4.69) is 21.3 Å². The zero-order chi connectivity index (χ0) is 27.5.